The zero-order valence-corrected chi connectivity index (χ0v) is 6.49. The van der Waals surface area contributed by atoms with Gasteiger partial charge in [0.05, 0.1) is 12.2 Å². The lowest BCUT2D eigenvalue weighted by Gasteiger charge is -2.45. The topological polar surface area (TPSA) is 9.23 Å². The predicted molar refractivity (Wildman–Crippen MR) is 39.8 cm³/mol. The summed E-state index contributed by atoms with van der Waals surface area (Å²) in [5.41, 5.74) is 0. The van der Waals surface area contributed by atoms with Crippen molar-refractivity contribution in [1.29, 1.82) is 0 Å². The highest BCUT2D eigenvalue weighted by Crippen LogP contribution is 2.39. The molecule has 3 rings (SSSR count). The molecule has 52 valence electrons. The van der Waals surface area contributed by atoms with Crippen LogP contribution in [0.25, 0.3) is 0 Å². The van der Waals surface area contributed by atoms with Crippen molar-refractivity contribution in [3.63, 3.8) is 0 Å². The zero-order valence-electron chi connectivity index (χ0n) is 5.67. The van der Waals surface area contributed by atoms with Crippen LogP contribution in [0.5, 0.6) is 0 Å². The van der Waals surface area contributed by atoms with Crippen molar-refractivity contribution < 1.29 is 4.74 Å². The lowest BCUT2D eigenvalue weighted by atomic mass is 9.89. The van der Waals surface area contributed by atoms with Crippen LogP contribution in [0.4, 0.5) is 0 Å². The van der Waals surface area contributed by atoms with Crippen LogP contribution in [0, 0.1) is 0 Å². The van der Waals surface area contributed by atoms with Crippen molar-refractivity contribution in [2.75, 3.05) is 6.26 Å². The van der Waals surface area contributed by atoms with E-state index in [1.165, 1.54) is 19.3 Å². The first-order chi connectivity index (χ1) is 4.40. The van der Waals surface area contributed by atoms with Crippen molar-refractivity contribution in [2.45, 2.75) is 36.7 Å². The molecule has 3 fully saturated rings. The Kier molecular flexibility index (Phi) is 1.46. The first kappa shape index (κ1) is 6.05. The van der Waals surface area contributed by atoms with Gasteiger partial charge in [0.1, 0.15) is 0 Å². The summed E-state index contributed by atoms with van der Waals surface area (Å²) in [6.07, 6.45) is 7.49. The minimum absolute atomic E-state index is 0.624. The van der Waals surface area contributed by atoms with Gasteiger partial charge in [-0.2, -0.15) is 11.8 Å². The van der Waals surface area contributed by atoms with E-state index in [-0.39, 0.29) is 0 Å². The summed E-state index contributed by atoms with van der Waals surface area (Å²) in [4.78, 5) is 0. The van der Waals surface area contributed by atoms with E-state index in [4.69, 9.17) is 4.74 Å². The summed E-state index contributed by atoms with van der Waals surface area (Å²) in [5.74, 6) is 0. The van der Waals surface area contributed by atoms with Gasteiger partial charge in [0.15, 0.2) is 0 Å². The Bertz CT molecular complexity index is 107. The molecule has 1 saturated carbocycles. The molecular weight excluding hydrogens is 132 g/mol. The lowest BCUT2D eigenvalue weighted by molar-refractivity contribution is -0.151. The summed E-state index contributed by atoms with van der Waals surface area (Å²) in [5, 5.41) is 0.815. The molecule has 0 aromatic rings. The number of rotatable bonds is 1. The minimum Gasteiger partial charge on any atom is -0.374 e. The van der Waals surface area contributed by atoms with Crippen LogP contribution >= 0.6 is 11.8 Å². The van der Waals surface area contributed by atoms with Gasteiger partial charge < -0.3 is 4.74 Å². The first-order valence-electron chi connectivity index (χ1n) is 3.58. The molecule has 0 spiro atoms. The monoisotopic (exact) mass is 144 g/mol. The van der Waals surface area contributed by atoms with Crippen LogP contribution < -0.4 is 0 Å². The average Bonchev–Trinajstić information content (AvgIpc) is 1.86. The SMILES string of the molecule is CSC1CCC2CC1O2. The third-order valence-electron chi connectivity index (χ3n) is 2.35. The number of fused-ring (bicyclic) bond motifs is 2. The first-order valence-corrected chi connectivity index (χ1v) is 4.87. The summed E-state index contributed by atoms with van der Waals surface area (Å²) >= 11 is 1.97. The summed E-state index contributed by atoms with van der Waals surface area (Å²) in [6.45, 7) is 0. The van der Waals surface area contributed by atoms with E-state index in [0.29, 0.717) is 12.2 Å². The molecule has 0 aromatic heterocycles. The maximum absolute atomic E-state index is 5.56. The smallest absolute Gasteiger partial charge is 0.0722 e. The van der Waals surface area contributed by atoms with Crippen LogP contribution in [0.2, 0.25) is 0 Å². The molecule has 0 amide bonds. The molecular formula is C7H12OS. The van der Waals surface area contributed by atoms with Gasteiger partial charge in [0.25, 0.3) is 0 Å². The van der Waals surface area contributed by atoms with Gasteiger partial charge in [-0.25, -0.2) is 0 Å². The van der Waals surface area contributed by atoms with Gasteiger partial charge in [-0.1, -0.05) is 0 Å². The fourth-order valence-electron chi connectivity index (χ4n) is 1.73. The van der Waals surface area contributed by atoms with Crippen LogP contribution in [-0.2, 0) is 4.74 Å². The molecule has 2 saturated heterocycles. The molecule has 2 bridgehead atoms. The number of hydrogen-bond donors (Lipinski definition) is 0. The molecule has 0 N–H and O–H groups in total. The van der Waals surface area contributed by atoms with Crippen LogP contribution in [0.3, 0.4) is 0 Å². The lowest BCUT2D eigenvalue weighted by Crippen LogP contribution is -2.49. The molecule has 2 heteroatoms. The largest absolute Gasteiger partial charge is 0.374 e. The van der Waals surface area contributed by atoms with E-state index in [1.54, 1.807) is 0 Å². The van der Waals surface area contributed by atoms with E-state index in [9.17, 15) is 0 Å². The highest BCUT2D eigenvalue weighted by molar-refractivity contribution is 7.99. The highest BCUT2D eigenvalue weighted by Gasteiger charge is 2.40. The normalized spacial score (nSPS) is 48.3. The summed E-state index contributed by atoms with van der Waals surface area (Å²) < 4.78 is 5.56. The highest BCUT2D eigenvalue weighted by atomic mass is 32.2. The Morgan fingerprint density at radius 3 is 2.56 bits per heavy atom. The molecule has 3 atom stereocenters. The molecule has 0 aromatic carbocycles. The summed E-state index contributed by atoms with van der Waals surface area (Å²) in [7, 11) is 0. The molecule has 2 aliphatic heterocycles. The average molecular weight is 144 g/mol. The molecule has 1 nitrogen and oxygen atoms in total. The van der Waals surface area contributed by atoms with Crippen molar-refractivity contribution in [3.8, 4) is 0 Å². The van der Waals surface area contributed by atoms with E-state index >= 15 is 0 Å². The van der Waals surface area contributed by atoms with Gasteiger partial charge in [-0.15, -0.1) is 0 Å². The number of ether oxygens (including phenoxy) is 1. The third-order valence-corrected chi connectivity index (χ3v) is 3.50. The van der Waals surface area contributed by atoms with Gasteiger partial charge in [-0.3, -0.25) is 0 Å². The number of thioether (sulfide) groups is 1. The number of hydrogen-bond acceptors (Lipinski definition) is 2. The molecule has 9 heavy (non-hydrogen) atoms. The second-order valence-electron chi connectivity index (χ2n) is 2.88. The second-order valence-corrected chi connectivity index (χ2v) is 3.96. The van der Waals surface area contributed by atoms with Crippen molar-refractivity contribution >= 4 is 11.8 Å². The van der Waals surface area contributed by atoms with Gasteiger partial charge in [0, 0.05) is 11.7 Å². The third kappa shape index (κ3) is 0.887. The Labute approximate surface area is 60.2 Å². The predicted octanol–water partition coefficient (Wildman–Crippen LogP) is 1.67. The van der Waals surface area contributed by atoms with E-state index in [1.807, 2.05) is 11.8 Å². The molecule has 0 radical (unpaired) electrons. The van der Waals surface area contributed by atoms with E-state index in [0.717, 1.165) is 5.25 Å². The second kappa shape index (κ2) is 2.17. The fraction of sp³-hybridized carbons (Fsp3) is 1.00. The quantitative estimate of drug-likeness (QED) is 0.553. The molecule has 2 heterocycles. The summed E-state index contributed by atoms with van der Waals surface area (Å²) in [6, 6.07) is 0. The zero-order chi connectivity index (χ0) is 6.27. The van der Waals surface area contributed by atoms with Gasteiger partial charge in [0.2, 0.25) is 0 Å². The Morgan fingerprint density at radius 1 is 1.44 bits per heavy atom. The molecule has 3 unspecified atom stereocenters. The van der Waals surface area contributed by atoms with Gasteiger partial charge >= 0.3 is 0 Å². The van der Waals surface area contributed by atoms with Crippen molar-refractivity contribution in [3.05, 3.63) is 0 Å². The van der Waals surface area contributed by atoms with Crippen molar-refractivity contribution in [2.24, 2.45) is 0 Å². The standard InChI is InChI=1S/C7H12OS/c1-9-7-3-2-5-4-6(7)8-5/h5-7H,2-4H2,1H3. The van der Waals surface area contributed by atoms with Crippen molar-refractivity contribution in [1.82, 2.24) is 0 Å². The van der Waals surface area contributed by atoms with E-state index < -0.39 is 0 Å². The van der Waals surface area contributed by atoms with Crippen LogP contribution in [0.15, 0.2) is 0 Å². The molecule has 3 aliphatic rings. The maximum atomic E-state index is 5.56. The van der Waals surface area contributed by atoms with E-state index in [2.05, 4.69) is 6.26 Å². The Balaban J connectivity index is 1.94. The molecule has 1 aliphatic carbocycles. The maximum Gasteiger partial charge on any atom is 0.0722 e. The van der Waals surface area contributed by atoms with Crippen LogP contribution in [-0.4, -0.2) is 23.7 Å². The van der Waals surface area contributed by atoms with Gasteiger partial charge in [-0.05, 0) is 19.1 Å². The van der Waals surface area contributed by atoms with Crippen LogP contribution in [0.1, 0.15) is 19.3 Å². The Hall–Kier alpha value is 0.310. The Morgan fingerprint density at radius 2 is 2.22 bits per heavy atom. The minimum atomic E-state index is 0.624. The fourth-order valence-corrected chi connectivity index (χ4v) is 2.58.